The zero-order valence-electron chi connectivity index (χ0n) is 70.6. The number of rotatable bonds is 12. The van der Waals surface area contributed by atoms with Crippen LogP contribution in [0.1, 0.15) is 365 Å². The predicted octanol–water partition coefficient (Wildman–Crippen LogP) is 24.2. The molecule has 12 fully saturated rings. The van der Waals surface area contributed by atoms with Crippen molar-refractivity contribution in [2.45, 2.75) is 461 Å². The number of anilines is 8. The zero-order valence-corrected chi connectivity index (χ0v) is 72.1. The maximum atomic E-state index is 13.1. The van der Waals surface area contributed by atoms with E-state index < -0.39 is 10.5 Å². The van der Waals surface area contributed by atoms with Crippen molar-refractivity contribution in [3.63, 3.8) is 0 Å². The number of hydrogen-bond acceptors (Lipinski definition) is 14. The van der Waals surface area contributed by atoms with Crippen LogP contribution in [-0.2, 0) is 28.8 Å². The number of nitrogens with two attached hydrogens (primary N) is 2. The number of nitrogens with one attached hydrogen (secondary N) is 4. The summed E-state index contributed by atoms with van der Waals surface area (Å²) in [5, 5.41) is 12.0. The van der Waals surface area contributed by atoms with Gasteiger partial charge in [0.25, 0.3) is 0 Å². The number of nitrogen functional groups attached to an aromatic ring is 2. The Balaban J connectivity index is 0.000000178. The molecule has 0 radical (unpaired) electrons. The largest absolute Gasteiger partial charge is 0.397 e. The summed E-state index contributed by atoms with van der Waals surface area (Å²) in [6.07, 6.45) is 64.5. The zero-order chi connectivity index (χ0) is 81.0. The van der Waals surface area contributed by atoms with Crippen LogP contribution in [0.25, 0.3) is 0 Å². The molecule has 4 aromatic carbocycles. The van der Waals surface area contributed by atoms with Crippen molar-refractivity contribution in [1.82, 2.24) is 19.6 Å². The van der Waals surface area contributed by atoms with Gasteiger partial charge < -0.3 is 42.5 Å². The fourth-order valence-electron chi connectivity index (χ4n) is 24.9. The Morgan fingerprint density at radius 1 is 0.303 bits per heavy atom. The first-order valence-corrected chi connectivity index (χ1v) is 48.0. The maximum Gasteiger partial charge on any atom is 0.236 e. The van der Waals surface area contributed by atoms with E-state index in [9.17, 15) is 28.8 Å². The van der Waals surface area contributed by atoms with Crippen molar-refractivity contribution in [3.8, 4) is 0 Å². The van der Waals surface area contributed by atoms with E-state index in [1.165, 1.54) is 283 Å². The molecule has 4 saturated carbocycles. The van der Waals surface area contributed by atoms with E-state index >= 15 is 0 Å². The molecule has 8 saturated heterocycles. The highest BCUT2D eigenvalue weighted by molar-refractivity contribution is 6.72. The van der Waals surface area contributed by atoms with Crippen LogP contribution >= 0.6 is 23.2 Å². The topological polar surface area (TPSA) is 222 Å². The number of fused-ring (bicyclic) bond motifs is 10. The summed E-state index contributed by atoms with van der Waals surface area (Å²) in [6.45, 7) is 0. The van der Waals surface area contributed by atoms with Crippen molar-refractivity contribution in [2.75, 3.05) is 42.5 Å². The van der Waals surface area contributed by atoms with Gasteiger partial charge in [0.2, 0.25) is 34.1 Å². The molecule has 122 heavy (non-hydrogen) atoms. The lowest BCUT2D eigenvalue weighted by Gasteiger charge is -2.54. The maximum absolute atomic E-state index is 13.1. The van der Waals surface area contributed by atoms with Crippen molar-refractivity contribution in [3.05, 3.63) is 97.1 Å². The lowest BCUT2D eigenvalue weighted by Crippen LogP contribution is -2.60. The van der Waals surface area contributed by atoms with Gasteiger partial charge in [-0.25, -0.2) is 0 Å². The van der Waals surface area contributed by atoms with Gasteiger partial charge in [0.05, 0.1) is 51.9 Å². The number of amides is 4. The number of carbonyl (C=O) groups is 6. The Morgan fingerprint density at radius 2 is 0.533 bits per heavy atom. The van der Waals surface area contributed by atoms with Gasteiger partial charge in [-0.2, -0.15) is 0 Å². The molecule has 18 rings (SSSR count). The second kappa shape index (κ2) is 49.7. The summed E-state index contributed by atoms with van der Waals surface area (Å²) < 4.78 is 0. The molecule has 4 aliphatic carbocycles. The first-order valence-electron chi connectivity index (χ1n) is 47.3. The van der Waals surface area contributed by atoms with E-state index in [0.29, 0.717) is 36.3 Å². The van der Waals surface area contributed by atoms with Crippen LogP contribution in [0.3, 0.4) is 0 Å². The summed E-state index contributed by atoms with van der Waals surface area (Å²) in [5.41, 5.74) is 19.7. The summed E-state index contributed by atoms with van der Waals surface area (Å²) in [5.74, 6) is -0.468. The van der Waals surface area contributed by atoms with Crippen LogP contribution in [0.15, 0.2) is 97.1 Å². The highest BCUT2D eigenvalue weighted by Gasteiger charge is 2.49. The van der Waals surface area contributed by atoms with Crippen LogP contribution in [0.4, 0.5) is 45.5 Å². The van der Waals surface area contributed by atoms with Gasteiger partial charge in [-0.05, 0) is 226 Å². The van der Waals surface area contributed by atoms with E-state index in [1.807, 2.05) is 82.6 Å². The number of carbonyl (C=O) groups excluding carboxylic acids is 6. The molecule has 8 bridgehead atoms. The number of halogens is 2. The SMILES string of the molecule is C.C.C.C.C.Nc1ccccc1NC1C[C@H]2CCC[C@@H](C1)N2C1CCCCCCC1.Nc1ccccc1NC1C[C@H]2CCC[C@@H](C1)N2C1CCCCCCC1.O=C(Cl)CC(=O)Cl.O=C1CC(=O)N(C2C[C@H]3CCC[C@@H](C2)N3C2CCCCCCC2)c2ccccc2N1.O=C1CC(=O)N(C2C[C@H]3CCC[C@@H](C2)N3C2CCCCCCC2)c2ccccc2N1. The number of hydrogen-bond donors (Lipinski definition) is 6. The molecule has 14 aliphatic rings. The van der Waals surface area contributed by atoms with Gasteiger partial charge in [0.15, 0.2) is 0 Å². The van der Waals surface area contributed by atoms with Gasteiger partial charge in [-0.1, -0.05) is 240 Å². The molecule has 20 heteroatoms. The molecule has 12 atom stereocenters. The molecule has 680 valence electrons. The van der Waals surface area contributed by atoms with Gasteiger partial charge in [0.1, 0.15) is 12.8 Å². The Morgan fingerprint density at radius 3 is 0.787 bits per heavy atom. The second-order valence-corrected chi connectivity index (χ2v) is 38.5. The molecular weight excluding hydrogens is 1560 g/mol. The third-order valence-corrected chi connectivity index (χ3v) is 30.0. The second-order valence-electron chi connectivity index (χ2n) is 37.7. The molecule has 8 N–H and O–H groups in total. The minimum absolute atomic E-state index is 0. The van der Waals surface area contributed by atoms with Gasteiger partial charge in [0, 0.05) is 96.7 Å². The summed E-state index contributed by atoms with van der Waals surface area (Å²) in [4.78, 5) is 85.9. The summed E-state index contributed by atoms with van der Waals surface area (Å²) in [6, 6.07) is 42.4. The summed E-state index contributed by atoms with van der Waals surface area (Å²) >= 11 is 9.46. The first kappa shape index (κ1) is 99.5. The fraction of sp³-hybridized carbons (Fsp3) is 0.706. The Bertz CT molecular complexity index is 3560. The molecule has 0 aromatic heterocycles. The third kappa shape index (κ3) is 26.5. The molecule has 4 amide bonds. The molecule has 18 nitrogen and oxygen atoms in total. The molecule has 4 unspecified atom stereocenters. The highest BCUT2D eigenvalue weighted by atomic mass is 35.5. The Kier molecular flexibility index (Phi) is 40.6. The molecule has 4 aromatic rings. The lowest BCUT2D eigenvalue weighted by molar-refractivity contribution is -0.127. The minimum atomic E-state index is -0.722. The van der Waals surface area contributed by atoms with Crippen molar-refractivity contribution in [2.24, 2.45) is 0 Å². The minimum Gasteiger partial charge on any atom is -0.397 e. The Labute approximate surface area is 747 Å². The lowest BCUT2D eigenvalue weighted by atomic mass is 9.78. The van der Waals surface area contributed by atoms with Crippen LogP contribution in [0.2, 0.25) is 0 Å². The molecular formula is C102H162Cl2N12O6. The fourth-order valence-corrected chi connectivity index (χ4v) is 25.2. The summed E-state index contributed by atoms with van der Waals surface area (Å²) in [7, 11) is 0. The van der Waals surface area contributed by atoms with Gasteiger partial charge in [-0.3, -0.25) is 48.4 Å². The highest BCUT2D eigenvalue weighted by Crippen LogP contribution is 2.48. The van der Waals surface area contributed by atoms with E-state index in [1.54, 1.807) is 0 Å². The van der Waals surface area contributed by atoms with Gasteiger partial charge >= 0.3 is 0 Å². The first-order chi connectivity index (χ1) is 57.2. The van der Waals surface area contributed by atoms with E-state index in [0.717, 1.165) is 120 Å². The third-order valence-electron chi connectivity index (χ3n) is 29.7. The monoisotopic (exact) mass is 1720 g/mol. The van der Waals surface area contributed by atoms with E-state index in [4.69, 9.17) is 34.7 Å². The molecule has 10 aliphatic heterocycles. The standard InChI is InChI=1S/2C25H35N3O2.2C22H35N3.C3H2Cl2O2.5CH4/c2*29-24-17-25(30)28(23-14-7-6-13-22(23)26-24)21-15-19-11-8-12-20(16-21)27(19)18-9-4-2-1-3-5-10-18;2*23-21-13-6-7-14-22(21)24-17-15-19-11-8-12-20(16-17)25(19)18-9-4-2-1-3-5-10-18;4-2(6)1-3(5)7;;;;;/h2*6-7,13-14,18-21H,1-5,8-12,15-17H2,(H,26,29);2*6-7,13-14,17-20,24H,1-5,8-12,15-16,23H2;1H2;5*1H4/t2*19-,20+,21?;2*17?,19-,20+;;;;;;. The Hall–Kier alpha value is -6.28. The molecule has 0 spiro atoms. The van der Waals surface area contributed by atoms with Crippen LogP contribution in [0, 0.1) is 0 Å². The quantitative estimate of drug-likeness (QED) is 0.0441. The number of piperidine rings is 8. The van der Waals surface area contributed by atoms with Crippen molar-refractivity contribution >= 4 is 103 Å². The predicted molar refractivity (Wildman–Crippen MR) is 513 cm³/mol. The average Bonchev–Trinajstić information content (AvgIpc) is 1.27. The van der Waals surface area contributed by atoms with Crippen molar-refractivity contribution in [1.29, 1.82) is 0 Å². The van der Waals surface area contributed by atoms with E-state index in [2.05, 4.69) is 65.1 Å². The van der Waals surface area contributed by atoms with Crippen LogP contribution < -0.4 is 42.5 Å². The number of para-hydroxylation sites is 8. The normalized spacial score (nSPS) is 29.0. The van der Waals surface area contributed by atoms with Crippen molar-refractivity contribution < 1.29 is 28.8 Å². The van der Waals surface area contributed by atoms with Crippen LogP contribution in [0.5, 0.6) is 0 Å². The van der Waals surface area contributed by atoms with Gasteiger partial charge in [-0.15, -0.1) is 0 Å². The smallest absolute Gasteiger partial charge is 0.236 e. The van der Waals surface area contributed by atoms with E-state index in [-0.39, 0.29) is 92.1 Å². The molecule has 10 heterocycles. The number of nitrogens with zero attached hydrogens (tertiary/aromatic N) is 6. The average molecular weight is 1720 g/mol. The number of benzene rings is 4. The van der Waals surface area contributed by atoms with Crippen LogP contribution in [-0.4, -0.2) is 150 Å².